The molecule has 1 aliphatic rings. The van der Waals surface area contributed by atoms with Crippen LogP contribution in [0.3, 0.4) is 0 Å². The van der Waals surface area contributed by atoms with Crippen LogP contribution in [-0.2, 0) is 4.79 Å². The van der Waals surface area contributed by atoms with Crippen LogP contribution in [0.2, 0.25) is 0 Å². The summed E-state index contributed by atoms with van der Waals surface area (Å²) < 4.78 is 0. The highest BCUT2D eigenvalue weighted by Crippen LogP contribution is 2.51. The molecule has 3 N–H and O–H groups in total. The van der Waals surface area contributed by atoms with E-state index < -0.39 is 0 Å². The molecule has 70 valence electrons. The summed E-state index contributed by atoms with van der Waals surface area (Å²) in [5, 5.41) is 2.88. The predicted molar refractivity (Wildman–Crippen MR) is 48.5 cm³/mol. The van der Waals surface area contributed by atoms with Gasteiger partial charge in [-0.1, -0.05) is 13.8 Å². The van der Waals surface area contributed by atoms with Crippen LogP contribution in [0.4, 0.5) is 0 Å². The Hall–Kier alpha value is -0.570. The Bertz CT molecular complexity index is 189. The summed E-state index contributed by atoms with van der Waals surface area (Å²) in [5.74, 6) is 0.379. The molecule has 3 nitrogen and oxygen atoms in total. The summed E-state index contributed by atoms with van der Waals surface area (Å²) in [5.41, 5.74) is 5.61. The van der Waals surface area contributed by atoms with E-state index in [9.17, 15) is 4.79 Å². The van der Waals surface area contributed by atoms with E-state index in [-0.39, 0.29) is 23.3 Å². The molecule has 0 aliphatic heterocycles. The van der Waals surface area contributed by atoms with Crippen molar-refractivity contribution in [2.45, 2.75) is 33.2 Å². The van der Waals surface area contributed by atoms with Gasteiger partial charge in [0, 0.05) is 18.5 Å². The Balaban J connectivity index is 2.32. The fourth-order valence-electron chi connectivity index (χ4n) is 1.32. The minimum atomic E-state index is 0.105. The molecule has 0 spiro atoms. The van der Waals surface area contributed by atoms with Crippen molar-refractivity contribution in [2.24, 2.45) is 17.1 Å². The molecule has 0 heterocycles. The summed E-state index contributed by atoms with van der Waals surface area (Å²) in [6.07, 6.45) is 1.01. The fraction of sp³-hybridized carbons (Fsp3) is 0.889. The minimum absolute atomic E-state index is 0.105. The Kier molecular flexibility index (Phi) is 2.42. The molecular formula is C9H18N2O. The molecule has 1 amide bonds. The van der Waals surface area contributed by atoms with Crippen LogP contribution in [0.1, 0.15) is 27.2 Å². The van der Waals surface area contributed by atoms with Gasteiger partial charge in [0.1, 0.15) is 0 Å². The van der Waals surface area contributed by atoms with E-state index in [1.165, 1.54) is 0 Å². The normalized spacial score (nSPS) is 27.8. The molecule has 3 heteroatoms. The van der Waals surface area contributed by atoms with E-state index in [2.05, 4.69) is 19.2 Å². The van der Waals surface area contributed by atoms with E-state index in [0.29, 0.717) is 6.54 Å². The van der Waals surface area contributed by atoms with Gasteiger partial charge in [-0.15, -0.1) is 0 Å². The molecule has 0 aromatic carbocycles. The number of hydrogen-bond donors (Lipinski definition) is 2. The fourth-order valence-corrected chi connectivity index (χ4v) is 1.32. The number of carbonyl (C=O) groups is 1. The van der Waals surface area contributed by atoms with Crippen LogP contribution in [0.15, 0.2) is 0 Å². The van der Waals surface area contributed by atoms with Crippen molar-refractivity contribution in [3.63, 3.8) is 0 Å². The molecule has 2 atom stereocenters. The Morgan fingerprint density at radius 3 is 2.58 bits per heavy atom. The Labute approximate surface area is 73.7 Å². The SMILES string of the molecule is C[C@H](CN)NC(=O)C1CC1(C)C. The maximum atomic E-state index is 11.4. The smallest absolute Gasteiger partial charge is 0.223 e. The molecule has 0 radical (unpaired) electrons. The first-order valence-electron chi connectivity index (χ1n) is 4.48. The predicted octanol–water partition coefficient (Wildman–Crippen LogP) is 0.496. The molecular weight excluding hydrogens is 152 g/mol. The molecule has 0 aromatic rings. The third-order valence-corrected chi connectivity index (χ3v) is 2.57. The molecule has 12 heavy (non-hydrogen) atoms. The van der Waals surface area contributed by atoms with Gasteiger partial charge in [0.25, 0.3) is 0 Å². The van der Waals surface area contributed by atoms with E-state index in [1.807, 2.05) is 6.92 Å². The Morgan fingerprint density at radius 2 is 2.25 bits per heavy atom. The molecule has 1 rings (SSSR count). The van der Waals surface area contributed by atoms with Gasteiger partial charge in [-0.2, -0.15) is 0 Å². The zero-order chi connectivity index (χ0) is 9.35. The van der Waals surface area contributed by atoms with Gasteiger partial charge in [-0.05, 0) is 18.8 Å². The first kappa shape index (κ1) is 9.52. The summed E-state index contributed by atoms with van der Waals surface area (Å²) >= 11 is 0. The molecule has 1 fully saturated rings. The number of nitrogens with two attached hydrogens (primary N) is 1. The van der Waals surface area contributed by atoms with Crippen molar-refractivity contribution in [1.29, 1.82) is 0 Å². The Morgan fingerprint density at radius 1 is 1.75 bits per heavy atom. The van der Waals surface area contributed by atoms with Crippen LogP contribution in [0, 0.1) is 11.3 Å². The first-order valence-corrected chi connectivity index (χ1v) is 4.48. The largest absolute Gasteiger partial charge is 0.352 e. The van der Waals surface area contributed by atoms with Gasteiger partial charge < -0.3 is 11.1 Å². The van der Waals surface area contributed by atoms with E-state index >= 15 is 0 Å². The van der Waals surface area contributed by atoms with E-state index in [4.69, 9.17) is 5.73 Å². The summed E-state index contributed by atoms with van der Waals surface area (Å²) in [6.45, 7) is 6.67. The van der Waals surface area contributed by atoms with Gasteiger partial charge in [-0.3, -0.25) is 4.79 Å². The quantitative estimate of drug-likeness (QED) is 0.648. The van der Waals surface area contributed by atoms with Gasteiger partial charge in [0.2, 0.25) is 5.91 Å². The lowest BCUT2D eigenvalue weighted by Crippen LogP contribution is -2.39. The van der Waals surface area contributed by atoms with Crippen molar-refractivity contribution in [1.82, 2.24) is 5.32 Å². The number of hydrogen-bond acceptors (Lipinski definition) is 2. The number of amides is 1. The zero-order valence-electron chi connectivity index (χ0n) is 8.05. The van der Waals surface area contributed by atoms with Crippen molar-refractivity contribution in [3.05, 3.63) is 0 Å². The van der Waals surface area contributed by atoms with Crippen molar-refractivity contribution < 1.29 is 4.79 Å². The number of nitrogens with one attached hydrogen (secondary N) is 1. The van der Waals surface area contributed by atoms with E-state index in [1.54, 1.807) is 0 Å². The van der Waals surface area contributed by atoms with Crippen LogP contribution >= 0.6 is 0 Å². The highest BCUT2D eigenvalue weighted by Gasteiger charge is 2.50. The third-order valence-electron chi connectivity index (χ3n) is 2.57. The second kappa shape index (κ2) is 3.05. The van der Waals surface area contributed by atoms with Crippen LogP contribution in [0.25, 0.3) is 0 Å². The van der Waals surface area contributed by atoms with Gasteiger partial charge in [0.05, 0.1) is 0 Å². The minimum Gasteiger partial charge on any atom is -0.352 e. The maximum absolute atomic E-state index is 11.4. The molecule has 0 aromatic heterocycles. The third kappa shape index (κ3) is 1.97. The van der Waals surface area contributed by atoms with E-state index in [0.717, 1.165) is 6.42 Å². The standard InChI is InChI=1S/C9H18N2O/c1-6(5-10)11-8(12)7-4-9(7,2)3/h6-7H,4-5,10H2,1-3H3,(H,11,12)/t6-,7?/m1/s1. The monoisotopic (exact) mass is 170 g/mol. The van der Waals surface area contributed by atoms with Gasteiger partial charge in [0.15, 0.2) is 0 Å². The topological polar surface area (TPSA) is 55.1 Å². The van der Waals surface area contributed by atoms with Gasteiger partial charge >= 0.3 is 0 Å². The van der Waals surface area contributed by atoms with Crippen molar-refractivity contribution in [3.8, 4) is 0 Å². The highest BCUT2D eigenvalue weighted by atomic mass is 16.2. The number of rotatable bonds is 3. The summed E-state index contributed by atoms with van der Waals surface area (Å²) in [7, 11) is 0. The van der Waals surface area contributed by atoms with Crippen LogP contribution in [0.5, 0.6) is 0 Å². The average Bonchev–Trinajstić information content (AvgIpc) is 2.59. The molecule has 0 bridgehead atoms. The van der Waals surface area contributed by atoms with Gasteiger partial charge in [-0.25, -0.2) is 0 Å². The highest BCUT2D eigenvalue weighted by molar-refractivity contribution is 5.82. The lowest BCUT2D eigenvalue weighted by Gasteiger charge is -2.11. The second-order valence-electron chi connectivity index (χ2n) is 4.39. The lowest BCUT2D eigenvalue weighted by atomic mass is 10.1. The summed E-state index contributed by atoms with van der Waals surface area (Å²) in [6, 6.07) is 0.105. The molecule has 1 unspecified atom stereocenters. The lowest BCUT2D eigenvalue weighted by molar-refractivity contribution is -0.123. The first-order chi connectivity index (χ1) is 5.47. The summed E-state index contributed by atoms with van der Waals surface area (Å²) in [4.78, 5) is 11.4. The van der Waals surface area contributed by atoms with Crippen molar-refractivity contribution >= 4 is 5.91 Å². The van der Waals surface area contributed by atoms with Crippen molar-refractivity contribution in [2.75, 3.05) is 6.54 Å². The number of carbonyl (C=O) groups excluding carboxylic acids is 1. The second-order valence-corrected chi connectivity index (χ2v) is 4.39. The molecule has 1 saturated carbocycles. The average molecular weight is 170 g/mol. The van der Waals surface area contributed by atoms with Crippen LogP contribution in [-0.4, -0.2) is 18.5 Å². The molecule has 1 aliphatic carbocycles. The zero-order valence-corrected chi connectivity index (χ0v) is 8.05. The maximum Gasteiger partial charge on any atom is 0.223 e. The molecule has 0 saturated heterocycles. The van der Waals surface area contributed by atoms with Crippen LogP contribution < -0.4 is 11.1 Å².